The van der Waals surface area contributed by atoms with Crippen molar-refractivity contribution in [3.05, 3.63) is 69.8 Å². The van der Waals surface area contributed by atoms with Gasteiger partial charge in [-0.15, -0.1) is 0 Å². The molecule has 9 nitrogen and oxygen atoms in total. The fourth-order valence-corrected chi connectivity index (χ4v) is 3.23. The van der Waals surface area contributed by atoms with E-state index in [1.807, 2.05) is 0 Å². The van der Waals surface area contributed by atoms with Crippen LogP contribution in [-0.4, -0.2) is 28.2 Å². The van der Waals surface area contributed by atoms with Crippen molar-refractivity contribution in [1.82, 2.24) is 5.32 Å². The number of rotatable bonds is 5. The second-order valence-electron chi connectivity index (χ2n) is 8.00. The SMILES string of the molecule is CC(C)(C)NC(=O)CC1(OC(=O)c2ccc([N+](=O)[O-])cc2)C(=O)Nc2ccccc21. The number of ether oxygens (including phenoxy) is 1. The molecule has 1 heterocycles. The molecule has 1 unspecified atom stereocenters. The van der Waals surface area contributed by atoms with Gasteiger partial charge in [0.1, 0.15) is 0 Å². The van der Waals surface area contributed by atoms with Crippen molar-refractivity contribution >= 4 is 29.2 Å². The number of para-hydroxylation sites is 1. The molecular weight excluding hydrogens is 390 g/mol. The Morgan fingerprint density at radius 3 is 2.37 bits per heavy atom. The van der Waals surface area contributed by atoms with Gasteiger partial charge in [-0.2, -0.15) is 0 Å². The van der Waals surface area contributed by atoms with Gasteiger partial charge in [0, 0.05) is 28.9 Å². The first kappa shape index (κ1) is 21.0. The Bertz CT molecular complexity index is 1030. The largest absolute Gasteiger partial charge is 0.440 e. The molecule has 1 aliphatic heterocycles. The number of hydrogen-bond acceptors (Lipinski definition) is 6. The number of fused-ring (bicyclic) bond motifs is 1. The van der Waals surface area contributed by atoms with E-state index in [0.29, 0.717) is 11.3 Å². The maximum atomic E-state index is 12.9. The average Bonchev–Trinajstić information content (AvgIpc) is 2.91. The first-order valence-corrected chi connectivity index (χ1v) is 9.22. The standard InChI is InChI=1S/C21H21N3O6/c1-20(2,3)23-17(25)12-21(15-6-4-5-7-16(15)22-19(21)27)30-18(26)13-8-10-14(11-9-13)24(28)29/h4-11H,12H2,1-3H3,(H,22,27)(H,23,25). The van der Waals surface area contributed by atoms with Crippen molar-refractivity contribution in [1.29, 1.82) is 0 Å². The molecule has 2 aromatic carbocycles. The molecule has 2 N–H and O–H groups in total. The molecule has 9 heteroatoms. The molecule has 0 saturated carbocycles. The van der Waals surface area contributed by atoms with Crippen molar-refractivity contribution < 1.29 is 24.0 Å². The van der Waals surface area contributed by atoms with E-state index in [2.05, 4.69) is 10.6 Å². The molecule has 3 rings (SSSR count). The molecule has 156 valence electrons. The van der Waals surface area contributed by atoms with Crippen LogP contribution in [0, 0.1) is 10.1 Å². The average molecular weight is 411 g/mol. The van der Waals surface area contributed by atoms with Crippen molar-refractivity contribution in [2.75, 3.05) is 5.32 Å². The molecule has 30 heavy (non-hydrogen) atoms. The van der Waals surface area contributed by atoms with E-state index in [4.69, 9.17) is 4.74 Å². The number of non-ortho nitro benzene ring substituents is 1. The molecule has 1 aliphatic rings. The molecule has 0 saturated heterocycles. The summed E-state index contributed by atoms with van der Waals surface area (Å²) in [5.74, 6) is -1.98. The smallest absolute Gasteiger partial charge is 0.339 e. The quantitative estimate of drug-likeness (QED) is 0.442. The molecule has 2 aromatic rings. The molecule has 0 radical (unpaired) electrons. The van der Waals surface area contributed by atoms with Gasteiger partial charge in [-0.25, -0.2) is 4.79 Å². The van der Waals surface area contributed by atoms with E-state index in [1.54, 1.807) is 45.0 Å². The summed E-state index contributed by atoms with van der Waals surface area (Å²) in [7, 11) is 0. The Kier molecular flexibility index (Phi) is 5.30. The Morgan fingerprint density at radius 2 is 1.77 bits per heavy atom. The third kappa shape index (κ3) is 4.14. The zero-order valence-corrected chi connectivity index (χ0v) is 16.7. The maximum absolute atomic E-state index is 12.9. The van der Waals surface area contributed by atoms with Gasteiger partial charge >= 0.3 is 5.97 Å². The first-order chi connectivity index (χ1) is 14.0. The van der Waals surface area contributed by atoms with Gasteiger partial charge in [0.25, 0.3) is 11.6 Å². The molecule has 0 spiro atoms. The molecule has 0 bridgehead atoms. The van der Waals surface area contributed by atoms with Gasteiger partial charge in [-0.05, 0) is 39.0 Å². The van der Waals surface area contributed by atoms with Crippen LogP contribution < -0.4 is 10.6 Å². The normalized spacial score (nSPS) is 17.6. The number of nitro benzene ring substituents is 1. The van der Waals surface area contributed by atoms with Crippen LogP contribution in [0.1, 0.15) is 43.1 Å². The van der Waals surface area contributed by atoms with E-state index in [9.17, 15) is 24.5 Å². The summed E-state index contributed by atoms with van der Waals surface area (Å²) in [4.78, 5) is 48.6. The summed E-state index contributed by atoms with van der Waals surface area (Å²) in [6, 6.07) is 11.5. The molecule has 1 atom stereocenters. The summed E-state index contributed by atoms with van der Waals surface area (Å²) in [6.45, 7) is 5.38. The molecule has 2 amide bonds. The number of carbonyl (C=O) groups excluding carboxylic acids is 3. The fraction of sp³-hybridized carbons (Fsp3) is 0.286. The van der Waals surface area contributed by atoms with Crippen LogP contribution in [-0.2, 0) is 19.9 Å². The Hall–Kier alpha value is -3.75. The first-order valence-electron chi connectivity index (χ1n) is 9.22. The summed E-state index contributed by atoms with van der Waals surface area (Å²) in [5, 5.41) is 16.2. The predicted molar refractivity (Wildman–Crippen MR) is 108 cm³/mol. The lowest BCUT2D eigenvalue weighted by Gasteiger charge is -2.29. The third-order valence-corrected chi connectivity index (χ3v) is 4.48. The number of anilines is 1. The Balaban J connectivity index is 1.96. The van der Waals surface area contributed by atoms with E-state index in [1.165, 1.54) is 12.1 Å². The van der Waals surface area contributed by atoms with Crippen molar-refractivity contribution in [3.8, 4) is 0 Å². The number of nitrogens with zero attached hydrogens (tertiary/aromatic N) is 1. The number of esters is 1. The summed E-state index contributed by atoms with van der Waals surface area (Å²) < 4.78 is 5.63. The molecule has 0 aliphatic carbocycles. The number of amides is 2. The van der Waals surface area contributed by atoms with Crippen molar-refractivity contribution in [2.45, 2.75) is 38.3 Å². The molecule has 0 fully saturated rings. The Morgan fingerprint density at radius 1 is 1.13 bits per heavy atom. The van der Waals surface area contributed by atoms with Crippen LogP contribution >= 0.6 is 0 Å². The minimum atomic E-state index is -1.86. The monoisotopic (exact) mass is 411 g/mol. The topological polar surface area (TPSA) is 128 Å². The van der Waals surface area contributed by atoms with Gasteiger partial charge in [-0.1, -0.05) is 18.2 Å². The highest BCUT2D eigenvalue weighted by Gasteiger charge is 2.52. The molecule has 0 aromatic heterocycles. The highest BCUT2D eigenvalue weighted by atomic mass is 16.6. The maximum Gasteiger partial charge on any atom is 0.339 e. The second kappa shape index (κ2) is 7.58. The van der Waals surface area contributed by atoms with Crippen LogP contribution in [0.4, 0.5) is 11.4 Å². The number of carbonyl (C=O) groups is 3. The Labute approximate surface area is 172 Å². The van der Waals surface area contributed by atoms with Gasteiger partial charge in [0.15, 0.2) is 0 Å². The van der Waals surface area contributed by atoms with E-state index in [0.717, 1.165) is 12.1 Å². The van der Waals surface area contributed by atoms with Gasteiger partial charge < -0.3 is 15.4 Å². The third-order valence-electron chi connectivity index (χ3n) is 4.48. The number of nitro groups is 1. The lowest BCUT2D eigenvalue weighted by molar-refractivity contribution is -0.384. The van der Waals surface area contributed by atoms with E-state index < -0.39 is 40.3 Å². The summed E-state index contributed by atoms with van der Waals surface area (Å²) in [6.07, 6.45) is -0.411. The molecular formula is C21H21N3O6. The van der Waals surface area contributed by atoms with Crippen LogP contribution in [0.5, 0.6) is 0 Å². The zero-order valence-electron chi connectivity index (χ0n) is 16.7. The lowest BCUT2D eigenvalue weighted by atomic mass is 9.90. The highest BCUT2D eigenvalue weighted by Crippen LogP contribution is 2.42. The van der Waals surface area contributed by atoms with E-state index in [-0.39, 0.29) is 11.3 Å². The summed E-state index contributed by atoms with van der Waals surface area (Å²) in [5.41, 5.74) is -1.75. The lowest BCUT2D eigenvalue weighted by Crippen LogP contribution is -2.47. The second-order valence-corrected chi connectivity index (χ2v) is 8.00. The number of nitrogens with one attached hydrogen (secondary N) is 2. The minimum Gasteiger partial charge on any atom is -0.440 e. The van der Waals surface area contributed by atoms with Crippen LogP contribution in [0.3, 0.4) is 0 Å². The fourth-order valence-electron chi connectivity index (χ4n) is 3.23. The van der Waals surface area contributed by atoms with Crippen LogP contribution in [0.25, 0.3) is 0 Å². The van der Waals surface area contributed by atoms with Crippen molar-refractivity contribution in [3.63, 3.8) is 0 Å². The van der Waals surface area contributed by atoms with E-state index >= 15 is 0 Å². The van der Waals surface area contributed by atoms with Gasteiger partial charge in [0.2, 0.25) is 11.5 Å². The minimum absolute atomic E-state index is 0.0217. The number of hydrogen-bond donors (Lipinski definition) is 2. The summed E-state index contributed by atoms with van der Waals surface area (Å²) >= 11 is 0. The van der Waals surface area contributed by atoms with Crippen molar-refractivity contribution in [2.24, 2.45) is 0 Å². The zero-order chi connectivity index (χ0) is 22.1. The highest BCUT2D eigenvalue weighted by molar-refractivity contribution is 6.09. The van der Waals surface area contributed by atoms with Crippen LogP contribution in [0.15, 0.2) is 48.5 Å². The predicted octanol–water partition coefficient (Wildman–Crippen LogP) is 2.90. The van der Waals surface area contributed by atoms with Gasteiger partial charge in [0.05, 0.1) is 16.9 Å². The van der Waals surface area contributed by atoms with Crippen LogP contribution in [0.2, 0.25) is 0 Å². The van der Waals surface area contributed by atoms with Gasteiger partial charge in [-0.3, -0.25) is 19.7 Å². The number of benzene rings is 2.